The number of nitrogens with one attached hydrogen (secondary N) is 2. The first-order valence-corrected chi connectivity index (χ1v) is 7.16. The molecule has 0 atom stereocenters. The molecule has 2 rings (SSSR count). The van der Waals surface area contributed by atoms with Crippen molar-refractivity contribution in [2.75, 3.05) is 12.4 Å². The number of thiophene rings is 1. The third-order valence-corrected chi connectivity index (χ3v) is 4.23. The molecule has 0 aliphatic rings. The van der Waals surface area contributed by atoms with Gasteiger partial charge in [-0.3, -0.25) is 4.79 Å². The van der Waals surface area contributed by atoms with Gasteiger partial charge in [-0.1, -0.05) is 12.1 Å². The third-order valence-electron chi connectivity index (χ3n) is 2.39. The second kappa shape index (κ2) is 6.13. The van der Waals surface area contributed by atoms with Crippen LogP contribution in [0.2, 0.25) is 0 Å². The maximum Gasteiger partial charge on any atom is 0.266 e. The van der Waals surface area contributed by atoms with Crippen LogP contribution in [0.15, 0.2) is 40.2 Å². The number of hydrogen-bond donors (Lipinski definition) is 2. The average Bonchev–Trinajstić information content (AvgIpc) is 2.76. The molecule has 1 aromatic carbocycles. The highest BCUT2D eigenvalue weighted by Gasteiger charge is 2.11. The van der Waals surface area contributed by atoms with Gasteiger partial charge in [0.05, 0.1) is 0 Å². The number of halogens is 1. The van der Waals surface area contributed by atoms with E-state index in [0.717, 1.165) is 22.3 Å². The molecule has 0 unspecified atom stereocenters. The summed E-state index contributed by atoms with van der Waals surface area (Å²) in [5, 5.41) is 7.87. The molecule has 1 aromatic heterocycles. The maximum absolute atomic E-state index is 12.0. The first-order chi connectivity index (χ1) is 8.70. The zero-order valence-electron chi connectivity index (χ0n) is 9.87. The van der Waals surface area contributed by atoms with Crippen LogP contribution in [0.3, 0.4) is 0 Å². The molecule has 0 aliphatic carbocycles. The van der Waals surface area contributed by atoms with E-state index in [1.54, 1.807) is 0 Å². The molecule has 94 valence electrons. The number of benzene rings is 1. The molecular formula is C13H13BrN2OS. The van der Waals surface area contributed by atoms with Gasteiger partial charge >= 0.3 is 0 Å². The highest BCUT2D eigenvalue weighted by atomic mass is 79.9. The van der Waals surface area contributed by atoms with E-state index in [1.807, 2.05) is 42.8 Å². The standard InChI is InChI=1S/C13H13BrN2OS/c1-15-8-9-3-2-4-10(7-9)16-13(17)12-11(14)5-6-18-12/h2-7,15H,8H2,1H3,(H,16,17). The van der Waals surface area contributed by atoms with Crippen LogP contribution >= 0.6 is 27.3 Å². The zero-order chi connectivity index (χ0) is 13.0. The van der Waals surface area contributed by atoms with Gasteiger partial charge in [-0.05, 0) is 52.1 Å². The molecule has 0 fully saturated rings. The fourth-order valence-corrected chi connectivity index (χ4v) is 3.05. The Morgan fingerprint density at radius 3 is 2.89 bits per heavy atom. The lowest BCUT2D eigenvalue weighted by Crippen LogP contribution is -2.11. The predicted octanol–water partition coefficient (Wildman–Crippen LogP) is 3.48. The van der Waals surface area contributed by atoms with Crippen molar-refractivity contribution in [3.63, 3.8) is 0 Å². The Bertz CT molecular complexity index is 553. The van der Waals surface area contributed by atoms with Crippen molar-refractivity contribution >= 4 is 38.9 Å². The van der Waals surface area contributed by atoms with Crippen molar-refractivity contribution < 1.29 is 4.79 Å². The molecule has 0 aliphatic heterocycles. The van der Waals surface area contributed by atoms with Crippen molar-refractivity contribution in [3.05, 3.63) is 50.6 Å². The van der Waals surface area contributed by atoms with Gasteiger partial charge in [0.25, 0.3) is 5.91 Å². The molecule has 3 nitrogen and oxygen atoms in total. The second-order valence-electron chi connectivity index (χ2n) is 3.78. The summed E-state index contributed by atoms with van der Waals surface area (Å²) in [7, 11) is 1.90. The molecule has 18 heavy (non-hydrogen) atoms. The minimum absolute atomic E-state index is 0.0847. The summed E-state index contributed by atoms with van der Waals surface area (Å²) < 4.78 is 0.830. The number of rotatable bonds is 4. The van der Waals surface area contributed by atoms with Crippen LogP contribution in [0.25, 0.3) is 0 Å². The van der Waals surface area contributed by atoms with Gasteiger partial charge in [0.15, 0.2) is 0 Å². The first-order valence-electron chi connectivity index (χ1n) is 5.48. The van der Waals surface area contributed by atoms with Crippen LogP contribution in [0.5, 0.6) is 0 Å². The van der Waals surface area contributed by atoms with Crippen molar-refractivity contribution in [1.82, 2.24) is 5.32 Å². The van der Waals surface area contributed by atoms with Crippen LogP contribution in [0.1, 0.15) is 15.2 Å². The fraction of sp³-hybridized carbons (Fsp3) is 0.154. The Balaban J connectivity index is 2.12. The smallest absolute Gasteiger partial charge is 0.266 e. The number of carbonyl (C=O) groups is 1. The van der Waals surface area contributed by atoms with E-state index >= 15 is 0 Å². The van der Waals surface area contributed by atoms with Crippen LogP contribution in [-0.4, -0.2) is 13.0 Å². The summed E-state index contributed by atoms with van der Waals surface area (Å²) in [6.45, 7) is 0.784. The third kappa shape index (κ3) is 3.19. The largest absolute Gasteiger partial charge is 0.321 e. The molecule has 1 heterocycles. The summed E-state index contributed by atoms with van der Waals surface area (Å²) in [6.07, 6.45) is 0. The Morgan fingerprint density at radius 1 is 1.39 bits per heavy atom. The Labute approximate surface area is 118 Å². The minimum Gasteiger partial charge on any atom is -0.321 e. The van der Waals surface area contributed by atoms with Crippen molar-refractivity contribution in [1.29, 1.82) is 0 Å². The zero-order valence-corrected chi connectivity index (χ0v) is 12.3. The molecule has 0 spiro atoms. The quantitative estimate of drug-likeness (QED) is 0.904. The van der Waals surface area contributed by atoms with E-state index in [9.17, 15) is 4.79 Å². The Kier molecular flexibility index (Phi) is 4.52. The van der Waals surface area contributed by atoms with Crippen LogP contribution < -0.4 is 10.6 Å². The van der Waals surface area contributed by atoms with Crippen molar-refractivity contribution in [2.24, 2.45) is 0 Å². The molecule has 2 aromatic rings. The monoisotopic (exact) mass is 324 g/mol. The predicted molar refractivity (Wildman–Crippen MR) is 79.2 cm³/mol. The van der Waals surface area contributed by atoms with Gasteiger partial charge in [-0.2, -0.15) is 0 Å². The molecular weight excluding hydrogens is 312 g/mol. The molecule has 0 saturated carbocycles. The molecule has 0 saturated heterocycles. The van der Waals surface area contributed by atoms with E-state index in [1.165, 1.54) is 11.3 Å². The van der Waals surface area contributed by atoms with Crippen molar-refractivity contribution in [2.45, 2.75) is 6.54 Å². The summed E-state index contributed by atoms with van der Waals surface area (Å²) in [5.41, 5.74) is 1.95. The van der Waals surface area contributed by atoms with Gasteiger partial charge in [0.1, 0.15) is 4.88 Å². The van der Waals surface area contributed by atoms with Gasteiger partial charge < -0.3 is 10.6 Å². The second-order valence-corrected chi connectivity index (χ2v) is 5.55. The number of hydrogen-bond acceptors (Lipinski definition) is 3. The molecule has 2 N–H and O–H groups in total. The van der Waals surface area contributed by atoms with Crippen molar-refractivity contribution in [3.8, 4) is 0 Å². The summed E-state index contributed by atoms with van der Waals surface area (Å²) in [4.78, 5) is 12.7. The van der Waals surface area contributed by atoms with Crippen LogP contribution in [0.4, 0.5) is 5.69 Å². The van der Waals surface area contributed by atoms with Crippen LogP contribution in [-0.2, 0) is 6.54 Å². The van der Waals surface area contributed by atoms with Gasteiger partial charge in [0.2, 0.25) is 0 Å². The van der Waals surface area contributed by atoms with E-state index in [4.69, 9.17) is 0 Å². The van der Waals surface area contributed by atoms with E-state index < -0.39 is 0 Å². The SMILES string of the molecule is CNCc1cccc(NC(=O)c2sccc2Br)c1. The lowest BCUT2D eigenvalue weighted by molar-refractivity contribution is 0.103. The number of amides is 1. The fourth-order valence-electron chi connectivity index (χ4n) is 1.61. The van der Waals surface area contributed by atoms with Gasteiger partial charge in [-0.25, -0.2) is 0 Å². The van der Waals surface area contributed by atoms with E-state index in [-0.39, 0.29) is 5.91 Å². The Hall–Kier alpha value is -1.17. The normalized spacial score (nSPS) is 10.3. The van der Waals surface area contributed by atoms with Gasteiger partial charge in [-0.15, -0.1) is 11.3 Å². The lowest BCUT2D eigenvalue weighted by atomic mass is 10.2. The molecule has 0 radical (unpaired) electrons. The topological polar surface area (TPSA) is 41.1 Å². The Morgan fingerprint density at radius 2 is 2.22 bits per heavy atom. The van der Waals surface area contributed by atoms with Gasteiger partial charge in [0, 0.05) is 16.7 Å². The number of carbonyl (C=O) groups excluding carboxylic acids is 1. The van der Waals surface area contributed by atoms with E-state index in [2.05, 4.69) is 26.6 Å². The molecule has 5 heteroatoms. The first kappa shape index (κ1) is 13.3. The summed E-state index contributed by atoms with van der Waals surface area (Å²) >= 11 is 4.78. The molecule has 1 amide bonds. The van der Waals surface area contributed by atoms with E-state index in [0.29, 0.717) is 4.88 Å². The highest BCUT2D eigenvalue weighted by Crippen LogP contribution is 2.23. The summed E-state index contributed by atoms with van der Waals surface area (Å²) in [5.74, 6) is -0.0847. The lowest BCUT2D eigenvalue weighted by Gasteiger charge is -2.06. The number of anilines is 1. The average molecular weight is 325 g/mol. The minimum atomic E-state index is -0.0847. The van der Waals surface area contributed by atoms with Crippen LogP contribution in [0, 0.1) is 0 Å². The maximum atomic E-state index is 12.0. The highest BCUT2D eigenvalue weighted by molar-refractivity contribution is 9.10. The summed E-state index contributed by atoms with van der Waals surface area (Å²) in [6, 6.07) is 9.68. The molecule has 0 bridgehead atoms.